The average Bonchev–Trinajstić information content (AvgIpc) is 2.97. The normalized spacial score (nSPS) is 29.0. The number of fused-ring (bicyclic) bond motifs is 2. The Morgan fingerprint density at radius 1 is 1.30 bits per heavy atom. The molecule has 3 heterocycles. The van der Waals surface area contributed by atoms with E-state index in [1.165, 1.54) is 29.8 Å². The molecule has 9 nitrogen and oxygen atoms in total. The van der Waals surface area contributed by atoms with Gasteiger partial charge in [-0.1, -0.05) is 0 Å². The number of nitrogens with zero attached hydrogens (tertiary/aromatic N) is 2. The molecule has 2 N–H and O–H groups in total. The summed E-state index contributed by atoms with van der Waals surface area (Å²) >= 11 is 1.30. The number of hydrogen-bond donors (Lipinski definition) is 2. The summed E-state index contributed by atoms with van der Waals surface area (Å²) in [6.45, 7) is 3.47. The molecule has 1 aromatic rings. The number of carboxylic acid groups (broad SMARTS) is 1. The first-order valence-electron chi connectivity index (χ1n) is 9.93. The molecule has 30 heavy (non-hydrogen) atoms. The van der Waals surface area contributed by atoms with Gasteiger partial charge in [-0.2, -0.15) is 0 Å². The predicted molar refractivity (Wildman–Crippen MR) is 109 cm³/mol. The quantitative estimate of drug-likeness (QED) is 0.506. The van der Waals surface area contributed by atoms with Crippen LogP contribution >= 0.6 is 11.8 Å². The van der Waals surface area contributed by atoms with Crippen LogP contribution in [0.4, 0.5) is 0 Å². The van der Waals surface area contributed by atoms with Crippen LogP contribution in [0.25, 0.3) is 0 Å². The number of nitrogens with one attached hydrogen (secondary N) is 1. The van der Waals surface area contributed by atoms with E-state index in [2.05, 4.69) is 5.32 Å². The number of aromatic nitrogens is 1. The van der Waals surface area contributed by atoms with Crippen molar-refractivity contribution in [2.75, 3.05) is 7.11 Å². The summed E-state index contributed by atoms with van der Waals surface area (Å²) in [5, 5.41) is 11.7. The minimum Gasteiger partial charge on any atom is -0.480 e. The maximum Gasteiger partial charge on any atom is 0.327 e. The van der Waals surface area contributed by atoms with Crippen molar-refractivity contribution < 1.29 is 24.2 Å². The lowest BCUT2D eigenvalue weighted by Gasteiger charge is -2.51. The van der Waals surface area contributed by atoms with Gasteiger partial charge in [0.05, 0.1) is 0 Å². The third-order valence-electron chi connectivity index (χ3n) is 6.19. The number of amides is 2. The summed E-state index contributed by atoms with van der Waals surface area (Å²) in [6, 6.07) is 0.471. The SMILES string of the molecule is CO[C@]1(NC(=O)Cn2ccc(=O)c3c2CCCC3)C(=O)N2[C@@H](C(=O)O)C(C)(C)S[C@@H]21. The van der Waals surface area contributed by atoms with Crippen LogP contribution in [-0.2, 0) is 38.5 Å². The average molecular weight is 436 g/mol. The van der Waals surface area contributed by atoms with Gasteiger partial charge >= 0.3 is 5.97 Å². The van der Waals surface area contributed by atoms with Crippen molar-refractivity contribution in [2.24, 2.45) is 0 Å². The molecule has 3 aliphatic rings. The summed E-state index contributed by atoms with van der Waals surface area (Å²) in [7, 11) is 1.33. The lowest BCUT2D eigenvalue weighted by atomic mass is 9.93. The van der Waals surface area contributed by atoms with Gasteiger partial charge in [0.1, 0.15) is 18.0 Å². The third kappa shape index (κ3) is 2.96. The van der Waals surface area contributed by atoms with E-state index in [4.69, 9.17) is 4.74 Å². The maximum absolute atomic E-state index is 12.9. The van der Waals surface area contributed by atoms with Crippen molar-refractivity contribution >= 4 is 29.5 Å². The number of thioether (sulfide) groups is 1. The number of carbonyl (C=O) groups excluding carboxylic acids is 2. The highest BCUT2D eigenvalue weighted by Gasteiger charge is 2.73. The molecule has 2 saturated heterocycles. The molecular weight excluding hydrogens is 410 g/mol. The summed E-state index contributed by atoms with van der Waals surface area (Å²) < 4.78 is 6.49. The second-order valence-corrected chi connectivity index (χ2v) is 10.2. The van der Waals surface area contributed by atoms with Crippen molar-refractivity contribution in [3.63, 3.8) is 0 Å². The molecule has 0 radical (unpaired) electrons. The molecular formula is C20H25N3O6S. The first-order valence-corrected chi connectivity index (χ1v) is 10.8. The van der Waals surface area contributed by atoms with Gasteiger partial charge in [0.25, 0.3) is 11.6 Å². The van der Waals surface area contributed by atoms with Gasteiger partial charge in [0.15, 0.2) is 5.43 Å². The van der Waals surface area contributed by atoms with Crippen molar-refractivity contribution in [2.45, 2.75) is 68.0 Å². The van der Waals surface area contributed by atoms with Gasteiger partial charge in [0, 0.05) is 35.4 Å². The molecule has 0 unspecified atom stereocenters. The van der Waals surface area contributed by atoms with Crippen LogP contribution in [-0.4, -0.2) is 61.4 Å². The smallest absolute Gasteiger partial charge is 0.327 e. The third-order valence-corrected chi connectivity index (χ3v) is 7.80. The van der Waals surface area contributed by atoms with Crippen molar-refractivity contribution in [3.8, 4) is 0 Å². The Bertz CT molecular complexity index is 989. The van der Waals surface area contributed by atoms with Crippen LogP contribution in [0.1, 0.15) is 37.9 Å². The van der Waals surface area contributed by atoms with Gasteiger partial charge < -0.3 is 24.6 Å². The van der Waals surface area contributed by atoms with Crippen LogP contribution in [0.5, 0.6) is 0 Å². The Labute approximate surface area is 177 Å². The van der Waals surface area contributed by atoms with E-state index in [1.54, 1.807) is 24.6 Å². The molecule has 0 aromatic carbocycles. The van der Waals surface area contributed by atoms with Crippen molar-refractivity contribution in [3.05, 3.63) is 33.7 Å². The largest absolute Gasteiger partial charge is 0.480 e. The van der Waals surface area contributed by atoms with Crippen LogP contribution in [0.3, 0.4) is 0 Å². The highest BCUT2D eigenvalue weighted by atomic mass is 32.2. The number of carbonyl (C=O) groups is 3. The van der Waals surface area contributed by atoms with Crippen LogP contribution in [0.2, 0.25) is 0 Å². The Hall–Kier alpha value is -2.33. The van der Waals surface area contributed by atoms with Gasteiger partial charge in [-0.05, 0) is 39.5 Å². The van der Waals surface area contributed by atoms with Crippen LogP contribution in [0, 0.1) is 0 Å². The molecule has 10 heteroatoms. The molecule has 1 aliphatic carbocycles. The molecule has 0 spiro atoms. The highest BCUT2D eigenvalue weighted by Crippen LogP contribution is 2.55. The lowest BCUT2D eigenvalue weighted by Crippen LogP contribution is -2.80. The number of aliphatic carboxylic acids is 1. The van der Waals surface area contributed by atoms with E-state index >= 15 is 0 Å². The van der Waals surface area contributed by atoms with E-state index in [0.29, 0.717) is 6.42 Å². The van der Waals surface area contributed by atoms with Gasteiger partial charge in [0.2, 0.25) is 5.91 Å². The number of pyridine rings is 1. The van der Waals surface area contributed by atoms with E-state index in [9.17, 15) is 24.3 Å². The number of ether oxygens (including phenoxy) is 1. The van der Waals surface area contributed by atoms with Gasteiger partial charge in [-0.15, -0.1) is 11.8 Å². The maximum atomic E-state index is 12.9. The Balaban J connectivity index is 1.56. The number of hydrogen-bond acceptors (Lipinski definition) is 6. The zero-order valence-corrected chi connectivity index (χ0v) is 18.0. The number of β-lactam (4-membered cyclic amide) rings is 1. The predicted octanol–water partition coefficient (Wildman–Crippen LogP) is 0.333. The minimum absolute atomic E-state index is 0.0103. The summed E-state index contributed by atoms with van der Waals surface area (Å²) in [5.74, 6) is -2.08. The fourth-order valence-corrected chi connectivity index (χ4v) is 6.43. The van der Waals surface area contributed by atoms with E-state index < -0.39 is 39.7 Å². The zero-order chi connectivity index (χ0) is 21.8. The first kappa shape index (κ1) is 20.9. The Kier molecular flexibility index (Phi) is 4.97. The highest BCUT2D eigenvalue weighted by molar-refractivity contribution is 8.01. The number of rotatable bonds is 5. The fourth-order valence-electron chi connectivity index (χ4n) is 4.75. The fraction of sp³-hybridized carbons (Fsp3) is 0.600. The second-order valence-electron chi connectivity index (χ2n) is 8.46. The molecule has 3 atom stereocenters. The van der Waals surface area contributed by atoms with Crippen LogP contribution in [0.15, 0.2) is 17.1 Å². The molecule has 2 fully saturated rings. The standard InChI is InChI=1S/C20H25N3O6S/c1-19(2)15(16(26)27)23-17(28)20(29-3,18(23)30-19)21-14(25)10-22-9-8-13(24)11-6-4-5-7-12(11)22/h8-9,15,18H,4-7,10H2,1-3H3,(H,21,25)(H,26,27)/t15-,18+,20+/m0/s1. The Morgan fingerprint density at radius 2 is 2.00 bits per heavy atom. The van der Waals surface area contributed by atoms with Gasteiger partial charge in [-0.25, -0.2) is 4.79 Å². The molecule has 2 aliphatic heterocycles. The monoisotopic (exact) mass is 435 g/mol. The summed E-state index contributed by atoms with van der Waals surface area (Å²) in [5.41, 5.74) is 0.00635. The van der Waals surface area contributed by atoms with E-state index in [0.717, 1.165) is 30.5 Å². The molecule has 2 amide bonds. The molecule has 4 rings (SSSR count). The zero-order valence-electron chi connectivity index (χ0n) is 17.1. The molecule has 1 aromatic heterocycles. The summed E-state index contributed by atoms with van der Waals surface area (Å²) in [6.07, 6.45) is 4.95. The van der Waals surface area contributed by atoms with Crippen molar-refractivity contribution in [1.82, 2.24) is 14.8 Å². The lowest BCUT2D eigenvalue weighted by molar-refractivity contribution is -0.201. The van der Waals surface area contributed by atoms with E-state index in [-0.39, 0.29) is 12.0 Å². The van der Waals surface area contributed by atoms with Gasteiger partial charge in [-0.3, -0.25) is 14.4 Å². The second kappa shape index (κ2) is 7.12. The molecule has 162 valence electrons. The van der Waals surface area contributed by atoms with E-state index in [1.807, 2.05) is 0 Å². The number of carboxylic acids is 1. The topological polar surface area (TPSA) is 118 Å². The van der Waals surface area contributed by atoms with Crippen LogP contribution < -0.4 is 10.7 Å². The minimum atomic E-state index is -1.59. The molecule has 0 bridgehead atoms. The number of methoxy groups -OCH3 is 1. The first-order chi connectivity index (χ1) is 14.1. The Morgan fingerprint density at radius 3 is 2.67 bits per heavy atom. The summed E-state index contributed by atoms with van der Waals surface area (Å²) in [4.78, 5) is 50.9. The van der Waals surface area contributed by atoms with Crippen molar-refractivity contribution in [1.29, 1.82) is 0 Å². The molecule has 0 saturated carbocycles.